The van der Waals surface area contributed by atoms with Gasteiger partial charge in [0.25, 0.3) is 5.91 Å². The van der Waals surface area contributed by atoms with Crippen LogP contribution in [0.15, 0.2) is 85.2 Å². The Morgan fingerprint density at radius 3 is 2.51 bits per heavy atom. The van der Waals surface area contributed by atoms with Crippen LogP contribution < -0.4 is 10.1 Å². The molecular weight excluding hydrogens is 474 g/mol. The Balaban J connectivity index is 1.41. The van der Waals surface area contributed by atoms with Crippen LogP contribution in [0.5, 0.6) is 5.75 Å². The van der Waals surface area contributed by atoms with Gasteiger partial charge in [-0.2, -0.15) is 0 Å². The van der Waals surface area contributed by atoms with Gasteiger partial charge in [-0.1, -0.05) is 18.2 Å². The summed E-state index contributed by atoms with van der Waals surface area (Å²) in [5, 5.41) is 5.16. The monoisotopic (exact) mass is 492 g/mol. The molecule has 2 aromatic heterocycles. The highest BCUT2D eigenvalue weighted by Gasteiger charge is 2.17. The molecule has 6 rings (SSSR count). The number of methoxy groups -OCH3 is 1. The fourth-order valence-corrected chi connectivity index (χ4v) is 4.36. The number of benzene rings is 4. The average Bonchev–Trinajstić information content (AvgIpc) is 2.91. The summed E-state index contributed by atoms with van der Waals surface area (Å²) in [5.41, 5.74) is 3.31. The molecule has 0 spiro atoms. The topological polar surface area (TPSA) is 77.0 Å². The van der Waals surface area contributed by atoms with Crippen molar-refractivity contribution in [1.29, 1.82) is 0 Å². The first kappa shape index (κ1) is 22.5. The number of aromatic nitrogens is 3. The smallest absolute Gasteiger partial charge is 0.255 e. The first-order valence-electron chi connectivity index (χ1n) is 11.4. The molecule has 0 bridgehead atoms. The maximum atomic E-state index is 14.6. The number of para-hydroxylation sites is 1. The lowest BCUT2D eigenvalue weighted by atomic mass is 10.0. The minimum atomic E-state index is -0.751. The molecule has 1 amide bonds. The lowest BCUT2D eigenvalue weighted by molar-refractivity contribution is 0.102. The number of carbonyl (C=O) groups is 1. The van der Waals surface area contributed by atoms with Gasteiger partial charge < -0.3 is 10.1 Å². The molecular formula is C29H18F2N4O2. The molecule has 2 heterocycles. The van der Waals surface area contributed by atoms with Crippen LogP contribution in [0.1, 0.15) is 10.4 Å². The van der Waals surface area contributed by atoms with E-state index in [4.69, 9.17) is 4.74 Å². The number of halogens is 2. The van der Waals surface area contributed by atoms with E-state index >= 15 is 0 Å². The van der Waals surface area contributed by atoms with E-state index in [9.17, 15) is 13.6 Å². The quantitative estimate of drug-likeness (QED) is 0.283. The molecule has 0 unspecified atom stereocenters. The van der Waals surface area contributed by atoms with Gasteiger partial charge in [-0.15, -0.1) is 0 Å². The molecule has 6 aromatic rings. The zero-order valence-electron chi connectivity index (χ0n) is 19.5. The third-order valence-corrected chi connectivity index (χ3v) is 6.17. The van der Waals surface area contributed by atoms with Gasteiger partial charge in [-0.25, -0.2) is 23.7 Å². The van der Waals surface area contributed by atoms with Crippen LogP contribution >= 0.6 is 0 Å². The maximum Gasteiger partial charge on any atom is 0.255 e. The number of carbonyl (C=O) groups excluding carboxylic acids is 1. The van der Waals surface area contributed by atoms with Gasteiger partial charge in [0, 0.05) is 39.4 Å². The Bertz CT molecular complexity index is 1860. The van der Waals surface area contributed by atoms with E-state index in [1.54, 1.807) is 30.3 Å². The summed E-state index contributed by atoms with van der Waals surface area (Å²) < 4.78 is 33.5. The number of anilines is 1. The molecule has 0 aliphatic rings. The Labute approximate surface area is 209 Å². The fourth-order valence-electron chi connectivity index (χ4n) is 4.36. The van der Waals surface area contributed by atoms with Crippen LogP contribution in [-0.2, 0) is 0 Å². The second-order valence-corrected chi connectivity index (χ2v) is 8.46. The van der Waals surface area contributed by atoms with E-state index in [1.807, 2.05) is 30.3 Å². The molecule has 8 heteroatoms. The third-order valence-electron chi connectivity index (χ3n) is 6.17. The molecule has 0 saturated carbocycles. The number of ether oxygens (including phenoxy) is 1. The molecule has 0 aliphatic heterocycles. The molecule has 0 atom stereocenters. The Morgan fingerprint density at radius 1 is 0.838 bits per heavy atom. The van der Waals surface area contributed by atoms with E-state index in [0.29, 0.717) is 27.9 Å². The standard InChI is InChI=1S/C29H18F2N4O2/c1-37-27-14-25-21(28(33-15-32-25)20-8-7-19(30)12-22(20)31)13-26(27)35-29(36)17-6-9-24-18(11-17)10-16-4-2-3-5-23(16)34-24/h2-15H,1H3,(H,35,36). The van der Waals surface area contributed by atoms with Gasteiger partial charge >= 0.3 is 0 Å². The predicted octanol–water partition coefficient (Wildman–Crippen LogP) is 6.54. The molecule has 1 N–H and O–H groups in total. The van der Waals surface area contributed by atoms with Crippen molar-refractivity contribution >= 4 is 44.3 Å². The zero-order valence-corrected chi connectivity index (χ0v) is 19.5. The number of rotatable bonds is 4. The number of nitrogens with zero attached hydrogens (tertiary/aromatic N) is 3. The van der Waals surface area contributed by atoms with Gasteiger partial charge in [-0.05, 0) is 48.5 Å². The van der Waals surface area contributed by atoms with Crippen molar-refractivity contribution in [1.82, 2.24) is 15.0 Å². The van der Waals surface area contributed by atoms with Crippen molar-refractivity contribution in [2.24, 2.45) is 0 Å². The number of pyridine rings is 1. The first-order valence-corrected chi connectivity index (χ1v) is 11.4. The molecule has 4 aromatic carbocycles. The highest BCUT2D eigenvalue weighted by molar-refractivity contribution is 6.09. The van der Waals surface area contributed by atoms with Crippen LogP contribution in [0.25, 0.3) is 44.0 Å². The number of amides is 1. The lowest BCUT2D eigenvalue weighted by Gasteiger charge is -2.14. The summed E-state index contributed by atoms with van der Waals surface area (Å²) in [7, 11) is 1.48. The van der Waals surface area contributed by atoms with Crippen LogP contribution in [0.2, 0.25) is 0 Å². The molecule has 0 fully saturated rings. The van der Waals surface area contributed by atoms with Crippen LogP contribution in [0.4, 0.5) is 14.5 Å². The highest BCUT2D eigenvalue weighted by Crippen LogP contribution is 2.35. The van der Waals surface area contributed by atoms with Gasteiger partial charge in [-0.3, -0.25) is 4.79 Å². The molecule has 180 valence electrons. The summed E-state index contributed by atoms with van der Waals surface area (Å²) >= 11 is 0. The number of hydrogen-bond acceptors (Lipinski definition) is 5. The van der Waals surface area contributed by atoms with Crippen LogP contribution in [0.3, 0.4) is 0 Å². The van der Waals surface area contributed by atoms with Gasteiger partial charge in [0.15, 0.2) is 0 Å². The van der Waals surface area contributed by atoms with Crippen molar-refractivity contribution in [2.75, 3.05) is 12.4 Å². The van der Waals surface area contributed by atoms with Gasteiger partial charge in [0.05, 0.1) is 35.0 Å². The lowest BCUT2D eigenvalue weighted by Crippen LogP contribution is -2.13. The van der Waals surface area contributed by atoms with Gasteiger partial charge in [0.2, 0.25) is 0 Å². The normalized spacial score (nSPS) is 11.2. The predicted molar refractivity (Wildman–Crippen MR) is 139 cm³/mol. The summed E-state index contributed by atoms with van der Waals surface area (Å²) in [6.07, 6.45) is 1.30. The summed E-state index contributed by atoms with van der Waals surface area (Å²) in [4.78, 5) is 26.4. The highest BCUT2D eigenvalue weighted by atomic mass is 19.1. The van der Waals surface area contributed by atoms with E-state index < -0.39 is 11.6 Å². The average molecular weight is 492 g/mol. The SMILES string of the molecule is COc1cc2ncnc(-c3ccc(F)cc3F)c2cc1NC(=O)c1ccc2nc3ccccc3cc2c1. The molecule has 0 saturated heterocycles. The van der Waals surface area contributed by atoms with Crippen molar-refractivity contribution in [2.45, 2.75) is 0 Å². The number of nitrogens with one attached hydrogen (secondary N) is 1. The van der Waals surface area contributed by atoms with Crippen molar-refractivity contribution in [3.8, 4) is 17.0 Å². The zero-order chi connectivity index (χ0) is 25.5. The second-order valence-electron chi connectivity index (χ2n) is 8.46. The summed E-state index contributed by atoms with van der Waals surface area (Å²) in [5.74, 6) is -1.43. The van der Waals surface area contributed by atoms with Crippen molar-refractivity contribution in [3.63, 3.8) is 0 Å². The Hall–Kier alpha value is -4.98. The second kappa shape index (κ2) is 8.91. The van der Waals surface area contributed by atoms with Gasteiger partial charge in [0.1, 0.15) is 23.7 Å². The van der Waals surface area contributed by atoms with E-state index in [-0.39, 0.29) is 17.2 Å². The van der Waals surface area contributed by atoms with E-state index in [2.05, 4.69) is 20.3 Å². The summed E-state index contributed by atoms with van der Waals surface area (Å²) in [6.45, 7) is 0. The number of fused-ring (bicyclic) bond motifs is 3. The Morgan fingerprint density at radius 2 is 1.68 bits per heavy atom. The maximum absolute atomic E-state index is 14.6. The minimum absolute atomic E-state index is 0.116. The van der Waals surface area contributed by atoms with Crippen LogP contribution in [-0.4, -0.2) is 28.0 Å². The largest absolute Gasteiger partial charge is 0.494 e. The van der Waals surface area contributed by atoms with Crippen molar-refractivity contribution < 1.29 is 18.3 Å². The molecule has 37 heavy (non-hydrogen) atoms. The first-order chi connectivity index (χ1) is 18.0. The molecule has 6 nitrogen and oxygen atoms in total. The van der Waals surface area contributed by atoms with Crippen LogP contribution in [0, 0.1) is 11.6 Å². The molecule has 0 radical (unpaired) electrons. The Kier molecular flexibility index (Phi) is 5.41. The minimum Gasteiger partial charge on any atom is -0.494 e. The third kappa shape index (κ3) is 4.08. The van der Waals surface area contributed by atoms with E-state index in [0.717, 1.165) is 33.9 Å². The van der Waals surface area contributed by atoms with Crippen molar-refractivity contribution in [3.05, 3.63) is 102 Å². The summed E-state index contributed by atoms with van der Waals surface area (Å²) in [6, 6.07) is 21.6. The molecule has 0 aliphatic carbocycles. The van der Waals surface area contributed by atoms with E-state index in [1.165, 1.54) is 19.5 Å². The fraction of sp³-hybridized carbons (Fsp3) is 0.0345. The number of hydrogen-bond donors (Lipinski definition) is 1.